The highest BCUT2D eigenvalue weighted by molar-refractivity contribution is 5.82. The van der Waals surface area contributed by atoms with E-state index < -0.39 is 54.3 Å². The minimum absolute atomic E-state index is 0.407. The van der Waals surface area contributed by atoms with Crippen LogP contribution in [-0.2, 0) is 34.2 Å². The van der Waals surface area contributed by atoms with Crippen LogP contribution in [0.15, 0.2) is 0 Å². The molecule has 0 aromatic rings. The Balaban J connectivity index is 2.35. The maximum absolute atomic E-state index is 11.2. The third-order valence-corrected chi connectivity index (χ3v) is 3.26. The number of hydrogen-bond donors (Lipinski definition) is 3. The van der Waals surface area contributed by atoms with Crippen molar-refractivity contribution >= 4 is 17.9 Å². The highest BCUT2D eigenvalue weighted by Gasteiger charge is 2.57. The summed E-state index contributed by atoms with van der Waals surface area (Å²) in [5.41, 5.74) is 0. The molecular weight excluding hydrogens is 268 g/mol. The predicted molar refractivity (Wildman–Crippen MR) is 49.9 cm³/mol. The molecule has 5 atom stereocenters. The largest absolute Gasteiger partial charge is 0.481 e. The van der Waals surface area contributed by atoms with Crippen LogP contribution < -0.4 is 0 Å². The van der Waals surface area contributed by atoms with Gasteiger partial charge >= 0.3 is 17.9 Å². The van der Waals surface area contributed by atoms with Crippen molar-refractivity contribution < 1.29 is 49.6 Å². The van der Waals surface area contributed by atoms with Gasteiger partial charge in [-0.15, -0.1) is 0 Å². The van der Waals surface area contributed by atoms with Crippen LogP contribution in [0.2, 0.25) is 0 Å². The van der Waals surface area contributed by atoms with E-state index in [0.717, 1.165) is 0 Å². The first kappa shape index (κ1) is 13.7. The van der Waals surface area contributed by atoms with Gasteiger partial charge in [-0.2, -0.15) is 9.78 Å². The number of carboxylic acid groups (broad SMARTS) is 3. The van der Waals surface area contributed by atoms with Crippen LogP contribution in [0.3, 0.4) is 0 Å². The van der Waals surface area contributed by atoms with Gasteiger partial charge in [0.1, 0.15) is 18.1 Å². The van der Waals surface area contributed by atoms with E-state index in [1.165, 1.54) is 0 Å². The summed E-state index contributed by atoms with van der Waals surface area (Å²) in [4.78, 5) is 42.5. The van der Waals surface area contributed by atoms with Gasteiger partial charge in [-0.25, -0.2) is 0 Å². The summed E-state index contributed by atoms with van der Waals surface area (Å²) in [6, 6.07) is 0. The van der Waals surface area contributed by atoms with Gasteiger partial charge in [0, 0.05) is 0 Å². The van der Waals surface area contributed by atoms with Crippen LogP contribution in [0.4, 0.5) is 0 Å². The van der Waals surface area contributed by atoms with Gasteiger partial charge in [0.2, 0.25) is 0 Å². The second-order valence-electron chi connectivity index (χ2n) is 4.25. The van der Waals surface area contributed by atoms with E-state index in [0.29, 0.717) is 0 Å². The predicted octanol–water partition coefficient (Wildman–Crippen LogP) is -0.945. The third kappa shape index (κ3) is 2.38. The molecular formula is C9H10O10. The summed E-state index contributed by atoms with van der Waals surface area (Å²) in [5, 5.41) is 35.2. The Morgan fingerprint density at radius 3 is 1.79 bits per heavy atom. The van der Waals surface area contributed by atoms with Crippen LogP contribution in [-0.4, -0.2) is 45.4 Å². The Morgan fingerprint density at radius 1 is 0.789 bits per heavy atom. The second kappa shape index (κ2) is 5.09. The fourth-order valence-corrected chi connectivity index (χ4v) is 2.38. The smallest absolute Gasteiger partial charge is 0.310 e. The number of carboxylic acids is 3. The molecule has 1 aliphatic heterocycles. The van der Waals surface area contributed by atoms with Crippen molar-refractivity contribution in [2.45, 2.75) is 18.6 Å². The van der Waals surface area contributed by atoms with E-state index in [4.69, 9.17) is 15.3 Å². The van der Waals surface area contributed by atoms with Crippen LogP contribution >= 0.6 is 0 Å². The maximum Gasteiger partial charge on any atom is 0.310 e. The minimum Gasteiger partial charge on any atom is -0.481 e. The fraction of sp³-hybridized carbons (Fsp3) is 0.667. The Hall–Kier alpha value is -1.75. The molecule has 5 unspecified atom stereocenters. The number of hydrogen-bond acceptors (Lipinski definition) is 7. The van der Waals surface area contributed by atoms with E-state index in [9.17, 15) is 14.4 Å². The average molecular weight is 278 g/mol. The van der Waals surface area contributed by atoms with E-state index in [-0.39, 0.29) is 0 Å². The summed E-state index contributed by atoms with van der Waals surface area (Å²) >= 11 is 0. The molecule has 0 amide bonds. The van der Waals surface area contributed by atoms with Crippen molar-refractivity contribution in [2.75, 3.05) is 0 Å². The van der Waals surface area contributed by atoms with E-state index in [1.54, 1.807) is 0 Å². The molecule has 1 aliphatic carbocycles. The maximum atomic E-state index is 11.2. The average Bonchev–Trinajstić information content (AvgIpc) is 2.35. The van der Waals surface area contributed by atoms with Crippen molar-refractivity contribution in [1.29, 1.82) is 0 Å². The molecule has 1 saturated heterocycles. The molecule has 0 aromatic heterocycles. The number of fused-ring (bicyclic) bond motifs is 1. The lowest BCUT2D eigenvalue weighted by Crippen LogP contribution is -2.58. The van der Waals surface area contributed by atoms with Crippen molar-refractivity contribution in [2.24, 2.45) is 17.8 Å². The van der Waals surface area contributed by atoms with Gasteiger partial charge in [-0.05, 0) is 16.5 Å². The van der Waals surface area contributed by atoms with Crippen molar-refractivity contribution in [3.63, 3.8) is 0 Å². The molecule has 2 fully saturated rings. The summed E-state index contributed by atoms with van der Waals surface area (Å²) in [6.45, 7) is 0. The van der Waals surface area contributed by atoms with Gasteiger partial charge < -0.3 is 15.3 Å². The van der Waals surface area contributed by atoms with Crippen LogP contribution in [0.5, 0.6) is 0 Å². The van der Waals surface area contributed by atoms with Crippen LogP contribution in [0.25, 0.3) is 0 Å². The summed E-state index contributed by atoms with van der Waals surface area (Å²) in [7, 11) is 0. The molecule has 0 bridgehead atoms. The monoisotopic (exact) mass is 278 g/mol. The first-order chi connectivity index (χ1) is 8.93. The lowest BCUT2D eigenvalue weighted by molar-refractivity contribution is -0.694. The molecule has 1 heterocycles. The molecule has 2 rings (SSSR count). The lowest BCUT2D eigenvalue weighted by Gasteiger charge is -2.41. The highest BCUT2D eigenvalue weighted by atomic mass is 17.7. The highest BCUT2D eigenvalue weighted by Crippen LogP contribution is 2.40. The zero-order chi connectivity index (χ0) is 14.2. The fourth-order valence-electron chi connectivity index (χ4n) is 2.38. The van der Waals surface area contributed by atoms with Gasteiger partial charge in [0.05, 0.1) is 11.8 Å². The van der Waals surface area contributed by atoms with Gasteiger partial charge in [-0.1, -0.05) is 0 Å². The minimum atomic E-state index is -1.50. The molecule has 3 N–H and O–H groups in total. The molecule has 10 heteroatoms. The van der Waals surface area contributed by atoms with Crippen molar-refractivity contribution in [1.82, 2.24) is 0 Å². The van der Waals surface area contributed by atoms with Crippen LogP contribution in [0, 0.1) is 17.8 Å². The normalized spacial score (nSPS) is 38.2. The summed E-state index contributed by atoms with van der Waals surface area (Å²) < 4.78 is 0. The topological polar surface area (TPSA) is 149 Å². The molecule has 0 radical (unpaired) electrons. The Labute approximate surface area is 105 Å². The molecule has 2 aliphatic rings. The van der Waals surface area contributed by atoms with Gasteiger partial charge in [0.25, 0.3) is 0 Å². The van der Waals surface area contributed by atoms with E-state index >= 15 is 0 Å². The molecule has 1 saturated carbocycles. The molecule has 19 heavy (non-hydrogen) atoms. The first-order valence-electron chi connectivity index (χ1n) is 5.27. The summed E-state index contributed by atoms with van der Waals surface area (Å²) in [5.74, 6) is -8.40. The summed E-state index contributed by atoms with van der Waals surface area (Å²) in [6.07, 6.45) is -3.06. The van der Waals surface area contributed by atoms with Crippen molar-refractivity contribution in [3.8, 4) is 0 Å². The molecule has 0 spiro atoms. The standard InChI is InChI=1S/C9H10O10/c10-7(11)2-1-3(8(12)13)5-6(4(2)9(14)15)17-19-18-16-5/h2-6H,1H2,(H,10,11)(H,12,13)(H,14,15). The molecule has 106 valence electrons. The lowest BCUT2D eigenvalue weighted by atomic mass is 9.70. The van der Waals surface area contributed by atoms with Gasteiger partial charge in [0.15, 0.2) is 0 Å². The Bertz CT molecular complexity index is 406. The van der Waals surface area contributed by atoms with Crippen molar-refractivity contribution in [3.05, 3.63) is 0 Å². The number of aliphatic carboxylic acids is 3. The van der Waals surface area contributed by atoms with Gasteiger partial charge in [-0.3, -0.25) is 14.4 Å². The SMILES string of the molecule is O=C(O)C1CC(C(=O)O)C(C(=O)O)C2OOOOC12. The quantitative estimate of drug-likeness (QED) is 0.551. The Kier molecular flexibility index (Phi) is 3.66. The Morgan fingerprint density at radius 2 is 1.32 bits per heavy atom. The molecule has 10 nitrogen and oxygen atoms in total. The van der Waals surface area contributed by atoms with E-state index in [1.807, 2.05) is 0 Å². The second-order valence-corrected chi connectivity index (χ2v) is 4.25. The van der Waals surface area contributed by atoms with Crippen LogP contribution in [0.1, 0.15) is 6.42 Å². The first-order valence-corrected chi connectivity index (χ1v) is 5.27. The number of carbonyl (C=O) groups is 3. The zero-order valence-corrected chi connectivity index (χ0v) is 9.29. The van der Waals surface area contributed by atoms with E-state index in [2.05, 4.69) is 19.9 Å². The molecule has 0 aromatic carbocycles. The number of rotatable bonds is 3. The zero-order valence-electron chi connectivity index (χ0n) is 9.29. The third-order valence-electron chi connectivity index (χ3n) is 3.26.